The molecule has 1 N–H and O–H groups in total. The van der Waals surface area contributed by atoms with Crippen LogP contribution in [0.25, 0.3) is 5.57 Å². The van der Waals surface area contributed by atoms with E-state index in [1.54, 1.807) is 43.3 Å². The lowest BCUT2D eigenvalue weighted by Gasteiger charge is -2.16. The summed E-state index contributed by atoms with van der Waals surface area (Å²) in [6, 6.07) is 10.4. The molecular formula is C22H24N2O6. The number of carbonyl (C=O) groups is 2. The fraction of sp³-hybridized carbons (Fsp3) is 0.273. The molecule has 2 aromatic rings. The molecule has 0 aliphatic carbocycles. The van der Waals surface area contributed by atoms with Gasteiger partial charge in [0.15, 0.2) is 11.5 Å². The van der Waals surface area contributed by atoms with Gasteiger partial charge >= 0.3 is 0 Å². The SMILES string of the molecule is CCN1C(=O)C(Nc2cc(OC)c(OC)c(OC)c2)=C(c2ccccc2OC)C1=O. The Balaban J connectivity index is 2.16. The number of nitrogens with zero attached hydrogens (tertiary/aromatic N) is 1. The zero-order valence-electron chi connectivity index (χ0n) is 17.6. The number of hydrogen-bond acceptors (Lipinski definition) is 7. The zero-order valence-corrected chi connectivity index (χ0v) is 17.6. The van der Waals surface area contributed by atoms with Crippen LogP contribution in [0.1, 0.15) is 12.5 Å². The topological polar surface area (TPSA) is 86.3 Å². The van der Waals surface area contributed by atoms with Gasteiger partial charge in [-0.15, -0.1) is 0 Å². The number of methoxy groups -OCH3 is 4. The van der Waals surface area contributed by atoms with Crippen LogP contribution in [0.4, 0.5) is 5.69 Å². The first kappa shape index (κ1) is 21.0. The van der Waals surface area contributed by atoms with Crippen LogP contribution in [0.2, 0.25) is 0 Å². The maximum Gasteiger partial charge on any atom is 0.278 e. The minimum absolute atomic E-state index is 0.153. The van der Waals surface area contributed by atoms with Gasteiger partial charge in [-0.1, -0.05) is 18.2 Å². The van der Waals surface area contributed by atoms with Gasteiger partial charge in [0, 0.05) is 29.9 Å². The summed E-state index contributed by atoms with van der Waals surface area (Å²) in [6.07, 6.45) is 0. The van der Waals surface area contributed by atoms with Crippen LogP contribution < -0.4 is 24.3 Å². The van der Waals surface area contributed by atoms with Crippen molar-refractivity contribution in [2.75, 3.05) is 40.3 Å². The molecule has 8 nitrogen and oxygen atoms in total. The Morgan fingerprint density at radius 3 is 1.97 bits per heavy atom. The van der Waals surface area contributed by atoms with Gasteiger partial charge in [-0.25, -0.2) is 0 Å². The number of imide groups is 1. The highest BCUT2D eigenvalue weighted by Crippen LogP contribution is 2.41. The second-order valence-corrected chi connectivity index (χ2v) is 6.34. The van der Waals surface area contributed by atoms with E-state index in [-0.39, 0.29) is 23.7 Å². The van der Waals surface area contributed by atoms with E-state index in [4.69, 9.17) is 18.9 Å². The largest absolute Gasteiger partial charge is 0.496 e. The van der Waals surface area contributed by atoms with E-state index in [2.05, 4.69) is 5.32 Å². The molecule has 0 fully saturated rings. The van der Waals surface area contributed by atoms with Crippen LogP contribution in [0.5, 0.6) is 23.0 Å². The monoisotopic (exact) mass is 412 g/mol. The fourth-order valence-corrected chi connectivity index (χ4v) is 3.38. The second-order valence-electron chi connectivity index (χ2n) is 6.34. The quantitative estimate of drug-likeness (QED) is 0.667. The lowest BCUT2D eigenvalue weighted by atomic mass is 10.0. The molecule has 0 atom stereocenters. The fourth-order valence-electron chi connectivity index (χ4n) is 3.38. The molecule has 0 saturated carbocycles. The van der Waals surface area contributed by atoms with Crippen molar-refractivity contribution in [2.45, 2.75) is 6.92 Å². The Labute approximate surface area is 175 Å². The van der Waals surface area contributed by atoms with Gasteiger partial charge in [-0.2, -0.15) is 0 Å². The molecule has 0 radical (unpaired) electrons. The Morgan fingerprint density at radius 2 is 1.43 bits per heavy atom. The normalized spacial score (nSPS) is 13.6. The van der Waals surface area contributed by atoms with E-state index in [9.17, 15) is 9.59 Å². The first-order valence-corrected chi connectivity index (χ1v) is 9.31. The predicted octanol–water partition coefficient (Wildman–Crippen LogP) is 2.93. The van der Waals surface area contributed by atoms with Crippen molar-refractivity contribution in [1.82, 2.24) is 4.90 Å². The number of rotatable bonds is 8. The van der Waals surface area contributed by atoms with Gasteiger partial charge in [-0.3, -0.25) is 14.5 Å². The Hall–Kier alpha value is -3.68. The van der Waals surface area contributed by atoms with Crippen molar-refractivity contribution in [3.63, 3.8) is 0 Å². The second kappa shape index (κ2) is 8.77. The number of carbonyl (C=O) groups excluding carboxylic acids is 2. The number of nitrogens with one attached hydrogen (secondary N) is 1. The maximum atomic E-state index is 13.0. The summed E-state index contributed by atoms with van der Waals surface area (Å²) in [5, 5.41) is 3.08. The molecule has 158 valence electrons. The number of likely N-dealkylation sites (N-methyl/N-ethyl adjacent to an activating group) is 1. The number of para-hydroxylation sites is 1. The van der Waals surface area contributed by atoms with Crippen LogP contribution in [0.3, 0.4) is 0 Å². The molecule has 0 bridgehead atoms. The summed E-state index contributed by atoms with van der Waals surface area (Å²) in [4.78, 5) is 27.3. The van der Waals surface area contributed by atoms with Crippen molar-refractivity contribution in [3.05, 3.63) is 47.7 Å². The first-order valence-electron chi connectivity index (χ1n) is 9.31. The van der Waals surface area contributed by atoms with Crippen LogP contribution in [0, 0.1) is 0 Å². The van der Waals surface area contributed by atoms with Crippen molar-refractivity contribution in [2.24, 2.45) is 0 Å². The van der Waals surface area contributed by atoms with Crippen molar-refractivity contribution < 1.29 is 28.5 Å². The molecule has 2 aromatic carbocycles. The number of hydrogen-bond donors (Lipinski definition) is 1. The summed E-state index contributed by atoms with van der Waals surface area (Å²) in [5.74, 6) is 0.953. The molecule has 8 heteroatoms. The third-order valence-electron chi connectivity index (χ3n) is 4.79. The van der Waals surface area contributed by atoms with E-state index < -0.39 is 5.91 Å². The van der Waals surface area contributed by atoms with Gasteiger partial charge in [0.1, 0.15) is 11.4 Å². The molecule has 0 aromatic heterocycles. The predicted molar refractivity (Wildman–Crippen MR) is 112 cm³/mol. The molecular weight excluding hydrogens is 388 g/mol. The Bertz CT molecular complexity index is 989. The first-order chi connectivity index (χ1) is 14.5. The van der Waals surface area contributed by atoms with E-state index in [1.807, 2.05) is 0 Å². The highest BCUT2D eigenvalue weighted by molar-refractivity contribution is 6.37. The van der Waals surface area contributed by atoms with E-state index in [0.29, 0.717) is 34.2 Å². The Kier molecular flexibility index (Phi) is 6.15. The van der Waals surface area contributed by atoms with E-state index >= 15 is 0 Å². The van der Waals surface area contributed by atoms with Crippen LogP contribution in [-0.4, -0.2) is 51.7 Å². The minimum atomic E-state index is -0.419. The van der Waals surface area contributed by atoms with Gasteiger partial charge in [-0.05, 0) is 13.0 Å². The van der Waals surface area contributed by atoms with Crippen molar-refractivity contribution >= 4 is 23.1 Å². The van der Waals surface area contributed by atoms with Gasteiger partial charge in [0.05, 0.1) is 34.0 Å². The highest BCUT2D eigenvalue weighted by atomic mass is 16.5. The summed E-state index contributed by atoms with van der Waals surface area (Å²) in [7, 11) is 6.03. The molecule has 0 unspecified atom stereocenters. The molecule has 1 aliphatic heterocycles. The minimum Gasteiger partial charge on any atom is -0.496 e. The third kappa shape index (κ3) is 3.52. The number of anilines is 1. The number of amides is 2. The molecule has 30 heavy (non-hydrogen) atoms. The number of benzene rings is 2. The van der Waals surface area contributed by atoms with E-state index in [0.717, 1.165) is 0 Å². The average molecular weight is 412 g/mol. The smallest absolute Gasteiger partial charge is 0.278 e. The zero-order chi connectivity index (χ0) is 21.8. The van der Waals surface area contributed by atoms with Gasteiger partial charge in [0.25, 0.3) is 11.8 Å². The molecule has 2 amide bonds. The molecule has 0 spiro atoms. The van der Waals surface area contributed by atoms with Gasteiger partial charge < -0.3 is 24.3 Å². The Morgan fingerprint density at radius 1 is 0.833 bits per heavy atom. The van der Waals surface area contributed by atoms with Crippen molar-refractivity contribution in [3.8, 4) is 23.0 Å². The lowest BCUT2D eigenvalue weighted by molar-refractivity contribution is -0.136. The third-order valence-corrected chi connectivity index (χ3v) is 4.79. The summed E-state index contributed by atoms with van der Waals surface area (Å²) in [5.41, 5.74) is 1.43. The summed E-state index contributed by atoms with van der Waals surface area (Å²) < 4.78 is 21.5. The van der Waals surface area contributed by atoms with Gasteiger partial charge in [0.2, 0.25) is 5.75 Å². The maximum absolute atomic E-state index is 13.0. The average Bonchev–Trinajstić information content (AvgIpc) is 3.01. The van der Waals surface area contributed by atoms with Crippen LogP contribution in [0.15, 0.2) is 42.1 Å². The lowest BCUT2D eigenvalue weighted by Crippen LogP contribution is -2.32. The summed E-state index contributed by atoms with van der Waals surface area (Å²) in [6.45, 7) is 1.99. The molecule has 0 saturated heterocycles. The summed E-state index contributed by atoms with van der Waals surface area (Å²) >= 11 is 0. The molecule has 1 heterocycles. The number of ether oxygens (including phenoxy) is 4. The van der Waals surface area contributed by atoms with E-state index in [1.165, 1.54) is 33.3 Å². The van der Waals surface area contributed by atoms with Crippen LogP contribution in [-0.2, 0) is 9.59 Å². The highest BCUT2D eigenvalue weighted by Gasteiger charge is 2.39. The van der Waals surface area contributed by atoms with Crippen LogP contribution >= 0.6 is 0 Å². The molecule has 1 aliphatic rings. The standard InChI is InChI=1S/C22H24N2O6/c1-6-24-21(25)18(14-9-7-8-10-15(14)27-2)19(22(24)26)23-13-11-16(28-3)20(30-5)17(12-13)29-4/h7-12,23H,6H2,1-5H3. The van der Waals surface area contributed by atoms with Crippen molar-refractivity contribution in [1.29, 1.82) is 0 Å². The molecule has 3 rings (SSSR count).